The van der Waals surface area contributed by atoms with Gasteiger partial charge in [0.1, 0.15) is 5.01 Å². The Labute approximate surface area is 121 Å². The lowest BCUT2D eigenvalue weighted by Crippen LogP contribution is -2.49. The zero-order valence-electron chi connectivity index (χ0n) is 13.2. The van der Waals surface area contributed by atoms with E-state index >= 15 is 0 Å². The van der Waals surface area contributed by atoms with Gasteiger partial charge in [0, 0.05) is 5.38 Å². The maximum Gasteiger partial charge on any atom is 0.113 e. The molecule has 0 saturated heterocycles. The third kappa shape index (κ3) is 3.19. The summed E-state index contributed by atoms with van der Waals surface area (Å²) in [5, 5.41) is 3.32. The molecule has 19 heavy (non-hydrogen) atoms. The molecule has 1 aromatic rings. The minimum atomic E-state index is -0.247. The Balaban J connectivity index is 2.34. The maximum absolute atomic E-state index is 6.79. The molecule has 108 valence electrons. The number of hydrogen-bond acceptors (Lipinski definition) is 3. The fourth-order valence-electron chi connectivity index (χ4n) is 4.12. The summed E-state index contributed by atoms with van der Waals surface area (Å²) in [4.78, 5) is 4.83. The van der Waals surface area contributed by atoms with E-state index < -0.39 is 0 Å². The number of hydrogen-bond donors (Lipinski definition) is 1. The van der Waals surface area contributed by atoms with Crippen LogP contribution in [0.4, 0.5) is 0 Å². The second-order valence-corrected chi connectivity index (χ2v) is 9.11. The molecule has 0 aliphatic heterocycles. The molecule has 0 amide bonds. The van der Waals surface area contributed by atoms with Crippen molar-refractivity contribution in [1.29, 1.82) is 0 Å². The lowest BCUT2D eigenvalue weighted by atomic mass is 9.59. The molecule has 0 aromatic carbocycles. The topological polar surface area (TPSA) is 38.9 Å². The van der Waals surface area contributed by atoms with Crippen molar-refractivity contribution >= 4 is 11.3 Å². The number of nitrogens with zero attached hydrogens (tertiary/aromatic N) is 1. The number of aromatic nitrogens is 1. The van der Waals surface area contributed by atoms with Crippen LogP contribution < -0.4 is 5.73 Å². The first-order valence-electron chi connectivity index (χ1n) is 7.28. The first-order chi connectivity index (χ1) is 8.53. The normalized spacial score (nSPS) is 24.6. The Kier molecular flexibility index (Phi) is 3.60. The average molecular weight is 280 g/mol. The summed E-state index contributed by atoms with van der Waals surface area (Å²) in [6.07, 6.45) is 3.31. The van der Waals surface area contributed by atoms with Crippen LogP contribution >= 0.6 is 11.3 Å². The van der Waals surface area contributed by atoms with Gasteiger partial charge in [-0.15, -0.1) is 11.3 Å². The summed E-state index contributed by atoms with van der Waals surface area (Å²) in [5.41, 5.74) is 8.32. The SMILES string of the molecule is CC(C)c1csc(C2(N)CC(C)(C)CC(C)(C)C2)n1. The van der Waals surface area contributed by atoms with Gasteiger partial charge in [0.15, 0.2) is 0 Å². The predicted octanol–water partition coefficient (Wildman–Crippen LogP) is 4.66. The average Bonchev–Trinajstić information content (AvgIpc) is 2.59. The van der Waals surface area contributed by atoms with Gasteiger partial charge in [-0.2, -0.15) is 0 Å². The van der Waals surface area contributed by atoms with E-state index in [-0.39, 0.29) is 5.54 Å². The lowest BCUT2D eigenvalue weighted by molar-refractivity contribution is 0.0468. The Morgan fingerprint density at radius 3 is 2.05 bits per heavy atom. The molecule has 3 heteroatoms. The first-order valence-corrected chi connectivity index (χ1v) is 8.16. The highest BCUT2D eigenvalue weighted by molar-refractivity contribution is 7.09. The summed E-state index contributed by atoms with van der Waals surface area (Å²) in [6.45, 7) is 13.7. The van der Waals surface area contributed by atoms with Crippen molar-refractivity contribution in [2.24, 2.45) is 16.6 Å². The third-order valence-electron chi connectivity index (χ3n) is 4.08. The van der Waals surface area contributed by atoms with Crippen molar-refractivity contribution in [1.82, 2.24) is 4.98 Å². The van der Waals surface area contributed by atoms with Crippen LogP contribution in [0.2, 0.25) is 0 Å². The van der Waals surface area contributed by atoms with Crippen LogP contribution in [0.15, 0.2) is 5.38 Å². The summed E-state index contributed by atoms with van der Waals surface area (Å²) in [5.74, 6) is 0.484. The van der Waals surface area contributed by atoms with E-state index in [2.05, 4.69) is 46.9 Å². The summed E-state index contributed by atoms with van der Waals surface area (Å²) >= 11 is 1.75. The fourth-order valence-corrected chi connectivity index (χ4v) is 5.22. The third-order valence-corrected chi connectivity index (χ3v) is 5.16. The molecule has 0 atom stereocenters. The molecule has 1 aliphatic carbocycles. The number of nitrogens with two attached hydrogens (primary N) is 1. The molecule has 2 rings (SSSR count). The highest BCUT2D eigenvalue weighted by Crippen LogP contribution is 2.53. The van der Waals surface area contributed by atoms with Crippen LogP contribution in [0.5, 0.6) is 0 Å². The van der Waals surface area contributed by atoms with Crippen molar-refractivity contribution in [2.45, 2.75) is 72.3 Å². The van der Waals surface area contributed by atoms with Crippen molar-refractivity contribution in [3.8, 4) is 0 Å². The Morgan fingerprint density at radius 1 is 1.11 bits per heavy atom. The van der Waals surface area contributed by atoms with Gasteiger partial charge in [0.25, 0.3) is 0 Å². The minimum absolute atomic E-state index is 0.247. The van der Waals surface area contributed by atoms with Gasteiger partial charge in [-0.05, 0) is 36.0 Å². The first kappa shape index (κ1) is 15.0. The second kappa shape index (κ2) is 4.56. The van der Waals surface area contributed by atoms with E-state index in [4.69, 9.17) is 10.7 Å². The molecule has 1 saturated carbocycles. The van der Waals surface area contributed by atoms with E-state index in [0.29, 0.717) is 16.7 Å². The van der Waals surface area contributed by atoms with Crippen LogP contribution in [-0.2, 0) is 5.54 Å². The molecular formula is C16H28N2S. The molecule has 1 aliphatic rings. The molecule has 0 spiro atoms. The zero-order valence-corrected chi connectivity index (χ0v) is 14.0. The number of rotatable bonds is 2. The molecule has 0 radical (unpaired) electrons. The quantitative estimate of drug-likeness (QED) is 0.856. The van der Waals surface area contributed by atoms with Gasteiger partial charge in [0.05, 0.1) is 11.2 Å². The molecule has 1 aromatic heterocycles. The van der Waals surface area contributed by atoms with E-state index in [1.807, 2.05) is 0 Å². The van der Waals surface area contributed by atoms with Gasteiger partial charge in [0.2, 0.25) is 0 Å². The van der Waals surface area contributed by atoms with E-state index in [1.54, 1.807) is 11.3 Å². The van der Waals surface area contributed by atoms with Gasteiger partial charge in [-0.25, -0.2) is 4.98 Å². The maximum atomic E-state index is 6.79. The molecule has 1 heterocycles. The van der Waals surface area contributed by atoms with Crippen molar-refractivity contribution in [2.75, 3.05) is 0 Å². The standard InChI is InChI=1S/C16H28N2S/c1-11(2)12-7-19-13(18-12)16(17)9-14(3,4)8-15(5,6)10-16/h7,11H,8-10,17H2,1-6H3. The minimum Gasteiger partial charge on any atom is -0.319 e. The highest BCUT2D eigenvalue weighted by atomic mass is 32.1. The monoisotopic (exact) mass is 280 g/mol. The smallest absolute Gasteiger partial charge is 0.113 e. The molecular weight excluding hydrogens is 252 g/mol. The van der Waals surface area contributed by atoms with Crippen LogP contribution in [0.25, 0.3) is 0 Å². The van der Waals surface area contributed by atoms with Crippen LogP contribution in [0, 0.1) is 10.8 Å². The van der Waals surface area contributed by atoms with Crippen molar-refractivity contribution in [3.05, 3.63) is 16.1 Å². The molecule has 1 fully saturated rings. The van der Waals surface area contributed by atoms with E-state index in [1.165, 1.54) is 12.1 Å². The van der Waals surface area contributed by atoms with E-state index in [9.17, 15) is 0 Å². The largest absolute Gasteiger partial charge is 0.319 e. The fraction of sp³-hybridized carbons (Fsp3) is 0.812. The number of thiazole rings is 1. The molecule has 0 unspecified atom stereocenters. The Hall–Kier alpha value is -0.410. The van der Waals surface area contributed by atoms with Crippen LogP contribution in [0.3, 0.4) is 0 Å². The van der Waals surface area contributed by atoms with E-state index in [0.717, 1.165) is 17.8 Å². The molecule has 2 nitrogen and oxygen atoms in total. The second-order valence-electron chi connectivity index (χ2n) is 8.25. The Morgan fingerprint density at radius 2 is 1.63 bits per heavy atom. The van der Waals surface area contributed by atoms with Gasteiger partial charge >= 0.3 is 0 Å². The Bertz CT molecular complexity index is 441. The van der Waals surface area contributed by atoms with Crippen LogP contribution in [-0.4, -0.2) is 4.98 Å². The zero-order chi connectivity index (χ0) is 14.5. The molecule has 0 bridgehead atoms. The van der Waals surface area contributed by atoms with Gasteiger partial charge in [-0.1, -0.05) is 41.5 Å². The van der Waals surface area contributed by atoms with Crippen LogP contribution in [0.1, 0.15) is 77.4 Å². The molecule has 2 N–H and O–H groups in total. The van der Waals surface area contributed by atoms with Crippen molar-refractivity contribution < 1.29 is 0 Å². The summed E-state index contributed by atoms with van der Waals surface area (Å²) < 4.78 is 0. The van der Waals surface area contributed by atoms with Crippen molar-refractivity contribution in [3.63, 3.8) is 0 Å². The predicted molar refractivity (Wildman–Crippen MR) is 83.5 cm³/mol. The summed E-state index contributed by atoms with van der Waals surface area (Å²) in [7, 11) is 0. The van der Waals surface area contributed by atoms with Gasteiger partial charge < -0.3 is 5.73 Å². The summed E-state index contributed by atoms with van der Waals surface area (Å²) in [6, 6.07) is 0. The highest BCUT2D eigenvalue weighted by Gasteiger charge is 2.47. The van der Waals surface area contributed by atoms with Gasteiger partial charge in [-0.3, -0.25) is 0 Å². The lowest BCUT2D eigenvalue weighted by Gasteiger charge is -2.49.